The van der Waals surface area contributed by atoms with E-state index in [1.54, 1.807) is 24.0 Å². The van der Waals surface area contributed by atoms with Crippen LogP contribution in [0.1, 0.15) is 36.1 Å². The fourth-order valence-electron chi connectivity index (χ4n) is 3.13. The fourth-order valence-corrected chi connectivity index (χ4v) is 3.13. The van der Waals surface area contributed by atoms with E-state index in [0.717, 1.165) is 17.7 Å². The molecule has 2 aromatic carbocycles. The fraction of sp³-hybridized carbons (Fsp3) is 0.333. The largest absolute Gasteiger partial charge is 0.481 e. The number of carboxylic acid groups (broad SMARTS) is 1. The Bertz CT molecular complexity index is 874. The standard InChI is InChI=1S/C21H22F3NO3/c1-4-25(14(3)26)12-19-17(10-5-13(2)18(19)11-20(27)28)15-6-8-16(9-7-15)21(22,23)24/h5-10H,4,11-12H2,1-3H3,(H,27,28). The van der Waals surface area contributed by atoms with Crippen LogP contribution in [0.15, 0.2) is 36.4 Å². The zero-order chi connectivity index (χ0) is 21.1. The number of aliphatic carboxylic acids is 1. The highest BCUT2D eigenvalue weighted by Gasteiger charge is 2.30. The summed E-state index contributed by atoms with van der Waals surface area (Å²) in [7, 11) is 0. The van der Waals surface area contributed by atoms with Crippen molar-refractivity contribution in [2.75, 3.05) is 6.54 Å². The highest BCUT2D eigenvalue weighted by molar-refractivity contribution is 5.77. The Morgan fingerprint density at radius 2 is 1.64 bits per heavy atom. The van der Waals surface area contributed by atoms with E-state index in [2.05, 4.69) is 0 Å². The quantitative estimate of drug-likeness (QED) is 0.776. The Kier molecular flexibility index (Phi) is 6.48. The van der Waals surface area contributed by atoms with Crippen LogP contribution in [0.3, 0.4) is 0 Å². The van der Waals surface area contributed by atoms with Crippen molar-refractivity contribution in [3.63, 3.8) is 0 Å². The summed E-state index contributed by atoms with van der Waals surface area (Å²) in [6, 6.07) is 8.24. The molecule has 2 aromatic rings. The second kappa shape index (κ2) is 8.46. The van der Waals surface area contributed by atoms with Gasteiger partial charge in [-0.05, 0) is 53.8 Å². The van der Waals surface area contributed by atoms with Crippen LogP contribution >= 0.6 is 0 Å². The summed E-state index contributed by atoms with van der Waals surface area (Å²) in [5, 5.41) is 9.30. The van der Waals surface area contributed by atoms with Gasteiger partial charge in [-0.25, -0.2) is 0 Å². The number of nitrogens with zero attached hydrogens (tertiary/aromatic N) is 1. The number of benzene rings is 2. The Morgan fingerprint density at radius 1 is 1.04 bits per heavy atom. The minimum atomic E-state index is -4.43. The van der Waals surface area contributed by atoms with Crippen molar-refractivity contribution in [3.8, 4) is 11.1 Å². The first kappa shape index (κ1) is 21.5. The third-order valence-corrected chi connectivity index (χ3v) is 4.69. The van der Waals surface area contributed by atoms with Gasteiger partial charge in [0, 0.05) is 20.0 Å². The molecule has 0 radical (unpaired) electrons. The van der Waals surface area contributed by atoms with Gasteiger partial charge in [-0.1, -0.05) is 24.3 Å². The summed E-state index contributed by atoms with van der Waals surface area (Å²) in [5.41, 5.74) is 2.37. The van der Waals surface area contributed by atoms with Crippen molar-refractivity contribution < 1.29 is 27.9 Å². The highest BCUT2D eigenvalue weighted by Crippen LogP contribution is 2.34. The molecule has 0 aliphatic heterocycles. The molecule has 4 nitrogen and oxygen atoms in total. The molecule has 2 rings (SSSR count). The molecule has 150 valence electrons. The number of carbonyl (C=O) groups excluding carboxylic acids is 1. The zero-order valence-corrected chi connectivity index (χ0v) is 15.9. The van der Waals surface area contributed by atoms with Gasteiger partial charge in [-0.2, -0.15) is 13.2 Å². The third kappa shape index (κ3) is 4.91. The second-order valence-corrected chi connectivity index (χ2v) is 6.57. The maximum atomic E-state index is 12.9. The van der Waals surface area contributed by atoms with Crippen molar-refractivity contribution >= 4 is 11.9 Å². The Balaban J connectivity index is 2.62. The lowest BCUT2D eigenvalue weighted by Crippen LogP contribution is -2.29. The van der Waals surface area contributed by atoms with E-state index in [1.165, 1.54) is 19.1 Å². The molecule has 0 bridgehead atoms. The van der Waals surface area contributed by atoms with Gasteiger partial charge in [-0.3, -0.25) is 9.59 Å². The number of carbonyl (C=O) groups is 2. The van der Waals surface area contributed by atoms with E-state index in [4.69, 9.17) is 0 Å². The van der Waals surface area contributed by atoms with Crippen molar-refractivity contribution in [2.45, 2.75) is 39.9 Å². The van der Waals surface area contributed by atoms with Crippen LogP contribution in [-0.2, 0) is 28.7 Å². The minimum Gasteiger partial charge on any atom is -0.481 e. The van der Waals surface area contributed by atoms with Gasteiger partial charge in [0.1, 0.15) is 0 Å². The average Bonchev–Trinajstić information content (AvgIpc) is 2.61. The van der Waals surface area contributed by atoms with Crippen LogP contribution in [0, 0.1) is 6.92 Å². The predicted octanol–water partition coefficient (Wildman–Crippen LogP) is 4.68. The molecule has 0 atom stereocenters. The molecule has 0 unspecified atom stereocenters. The van der Waals surface area contributed by atoms with Crippen molar-refractivity contribution in [2.24, 2.45) is 0 Å². The third-order valence-electron chi connectivity index (χ3n) is 4.69. The molecule has 1 amide bonds. The van der Waals surface area contributed by atoms with Gasteiger partial charge < -0.3 is 10.0 Å². The van der Waals surface area contributed by atoms with E-state index < -0.39 is 17.7 Å². The monoisotopic (exact) mass is 393 g/mol. The SMILES string of the molecule is CCN(Cc1c(-c2ccc(C(F)(F)F)cc2)ccc(C)c1CC(=O)O)C(C)=O. The molecule has 1 N–H and O–H groups in total. The lowest BCUT2D eigenvalue weighted by atomic mass is 9.90. The van der Waals surface area contributed by atoms with Gasteiger partial charge in [0.25, 0.3) is 0 Å². The van der Waals surface area contributed by atoms with Crippen LogP contribution in [0.4, 0.5) is 13.2 Å². The lowest BCUT2D eigenvalue weighted by molar-refractivity contribution is -0.138. The molecule has 28 heavy (non-hydrogen) atoms. The van der Waals surface area contributed by atoms with Gasteiger partial charge in [0.05, 0.1) is 12.0 Å². The summed E-state index contributed by atoms with van der Waals surface area (Å²) >= 11 is 0. The number of amides is 1. The van der Waals surface area contributed by atoms with E-state index in [1.807, 2.05) is 6.92 Å². The number of aryl methyl sites for hydroxylation is 1. The maximum absolute atomic E-state index is 12.9. The summed E-state index contributed by atoms with van der Waals surface area (Å²) in [4.78, 5) is 24.8. The summed E-state index contributed by atoms with van der Waals surface area (Å²) in [6.07, 6.45) is -4.66. The molecular weight excluding hydrogens is 371 g/mol. The molecule has 7 heteroatoms. The number of carboxylic acids is 1. The van der Waals surface area contributed by atoms with E-state index in [9.17, 15) is 27.9 Å². The number of rotatable bonds is 6. The Morgan fingerprint density at radius 3 is 2.11 bits per heavy atom. The first-order chi connectivity index (χ1) is 13.0. The molecule has 0 aliphatic carbocycles. The van der Waals surface area contributed by atoms with Crippen molar-refractivity contribution in [3.05, 3.63) is 58.7 Å². The smallest absolute Gasteiger partial charge is 0.416 e. The molecular formula is C21H22F3NO3. The molecule has 0 saturated carbocycles. The lowest BCUT2D eigenvalue weighted by Gasteiger charge is -2.24. The first-order valence-corrected chi connectivity index (χ1v) is 8.80. The summed E-state index contributed by atoms with van der Waals surface area (Å²) < 4.78 is 38.6. The zero-order valence-electron chi connectivity index (χ0n) is 15.9. The molecule has 0 saturated heterocycles. The van der Waals surface area contributed by atoms with Gasteiger partial charge in [0.15, 0.2) is 0 Å². The Labute approximate surface area is 161 Å². The van der Waals surface area contributed by atoms with E-state index in [-0.39, 0.29) is 18.9 Å². The van der Waals surface area contributed by atoms with Gasteiger partial charge >= 0.3 is 12.1 Å². The van der Waals surface area contributed by atoms with Gasteiger partial charge in [-0.15, -0.1) is 0 Å². The van der Waals surface area contributed by atoms with Crippen LogP contribution in [0.25, 0.3) is 11.1 Å². The van der Waals surface area contributed by atoms with Crippen LogP contribution < -0.4 is 0 Å². The molecule has 0 fully saturated rings. The molecule has 0 heterocycles. The molecule has 0 aliphatic rings. The topological polar surface area (TPSA) is 57.6 Å². The predicted molar refractivity (Wildman–Crippen MR) is 99.7 cm³/mol. The minimum absolute atomic E-state index is 0.163. The van der Waals surface area contributed by atoms with Crippen molar-refractivity contribution in [1.82, 2.24) is 4.90 Å². The second-order valence-electron chi connectivity index (χ2n) is 6.57. The highest BCUT2D eigenvalue weighted by atomic mass is 19.4. The van der Waals surface area contributed by atoms with Crippen LogP contribution in [0.2, 0.25) is 0 Å². The van der Waals surface area contributed by atoms with Crippen LogP contribution in [0.5, 0.6) is 0 Å². The van der Waals surface area contributed by atoms with E-state index in [0.29, 0.717) is 28.8 Å². The molecule has 0 aromatic heterocycles. The maximum Gasteiger partial charge on any atom is 0.416 e. The number of alkyl halides is 3. The molecule has 0 spiro atoms. The van der Waals surface area contributed by atoms with E-state index >= 15 is 0 Å². The Hall–Kier alpha value is -2.83. The summed E-state index contributed by atoms with van der Waals surface area (Å²) in [6.45, 7) is 5.64. The van der Waals surface area contributed by atoms with Crippen LogP contribution in [-0.4, -0.2) is 28.4 Å². The average molecular weight is 393 g/mol. The first-order valence-electron chi connectivity index (χ1n) is 8.80. The normalized spacial score (nSPS) is 11.4. The number of halogens is 3. The summed E-state index contributed by atoms with van der Waals surface area (Å²) in [5.74, 6) is -1.18. The number of hydrogen-bond donors (Lipinski definition) is 1. The van der Waals surface area contributed by atoms with Crippen molar-refractivity contribution in [1.29, 1.82) is 0 Å². The number of hydrogen-bond acceptors (Lipinski definition) is 2. The van der Waals surface area contributed by atoms with Gasteiger partial charge in [0.2, 0.25) is 5.91 Å².